The van der Waals surface area contributed by atoms with E-state index in [0.717, 1.165) is 12.8 Å². The highest BCUT2D eigenvalue weighted by Gasteiger charge is 2.22. The SMILES string of the molecule is CCc1ccc(CC(N)C2CCCS2)s1. The largest absolute Gasteiger partial charge is 0.326 e. The van der Waals surface area contributed by atoms with Crippen LogP contribution in [-0.2, 0) is 12.8 Å². The van der Waals surface area contributed by atoms with Gasteiger partial charge in [0.25, 0.3) is 0 Å². The molecule has 0 bridgehead atoms. The van der Waals surface area contributed by atoms with Crippen LogP contribution in [0, 0.1) is 0 Å². The van der Waals surface area contributed by atoms with Crippen molar-refractivity contribution in [3.8, 4) is 0 Å². The zero-order valence-corrected chi connectivity index (χ0v) is 10.9. The molecule has 2 heterocycles. The standard InChI is InChI=1S/C12H19NS2/c1-2-9-5-6-10(15-9)8-11(13)12-4-3-7-14-12/h5-6,11-12H,2-4,7-8,13H2,1H3. The molecule has 2 unspecified atom stereocenters. The Morgan fingerprint density at radius 3 is 2.87 bits per heavy atom. The van der Waals surface area contributed by atoms with Crippen molar-refractivity contribution >= 4 is 23.1 Å². The third kappa shape index (κ3) is 2.99. The van der Waals surface area contributed by atoms with Gasteiger partial charge in [-0.15, -0.1) is 11.3 Å². The van der Waals surface area contributed by atoms with Crippen LogP contribution < -0.4 is 5.73 Å². The van der Waals surface area contributed by atoms with Crippen molar-refractivity contribution in [3.63, 3.8) is 0 Å². The third-order valence-corrected chi connectivity index (χ3v) is 5.73. The second kappa shape index (κ2) is 5.37. The maximum atomic E-state index is 6.25. The highest BCUT2D eigenvalue weighted by molar-refractivity contribution is 8.00. The van der Waals surface area contributed by atoms with Gasteiger partial charge in [-0.25, -0.2) is 0 Å². The Hall–Kier alpha value is 0.01000. The van der Waals surface area contributed by atoms with Crippen LogP contribution in [0.5, 0.6) is 0 Å². The van der Waals surface area contributed by atoms with Gasteiger partial charge in [-0.05, 0) is 43.6 Å². The van der Waals surface area contributed by atoms with E-state index in [-0.39, 0.29) is 0 Å². The fourth-order valence-corrected chi connectivity index (χ4v) is 4.37. The minimum Gasteiger partial charge on any atom is -0.326 e. The summed E-state index contributed by atoms with van der Waals surface area (Å²) in [6, 6.07) is 4.86. The van der Waals surface area contributed by atoms with Crippen molar-refractivity contribution in [3.05, 3.63) is 21.9 Å². The Bertz CT molecular complexity index is 302. The first-order chi connectivity index (χ1) is 7.29. The van der Waals surface area contributed by atoms with Crippen molar-refractivity contribution in [2.45, 2.75) is 43.9 Å². The number of rotatable bonds is 4. The van der Waals surface area contributed by atoms with Crippen molar-refractivity contribution in [2.75, 3.05) is 5.75 Å². The molecule has 1 saturated heterocycles. The highest BCUT2D eigenvalue weighted by Crippen LogP contribution is 2.30. The maximum absolute atomic E-state index is 6.25. The summed E-state index contributed by atoms with van der Waals surface area (Å²) in [6.45, 7) is 2.21. The van der Waals surface area contributed by atoms with Gasteiger partial charge in [0.05, 0.1) is 0 Å². The monoisotopic (exact) mass is 241 g/mol. The van der Waals surface area contributed by atoms with Gasteiger partial charge in [-0.1, -0.05) is 6.92 Å². The van der Waals surface area contributed by atoms with Crippen molar-refractivity contribution in [1.82, 2.24) is 0 Å². The van der Waals surface area contributed by atoms with E-state index in [4.69, 9.17) is 5.73 Å². The van der Waals surface area contributed by atoms with Crippen LogP contribution in [0.1, 0.15) is 29.5 Å². The molecule has 0 amide bonds. The van der Waals surface area contributed by atoms with Gasteiger partial charge in [0.2, 0.25) is 0 Å². The normalized spacial score (nSPS) is 23.2. The fraction of sp³-hybridized carbons (Fsp3) is 0.667. The fourth-order valence-electron chi connectivity index (χ4n) is 2.03. The first kappa shape index (κ1) is 11.5. The molecule has 0 aromatic carbocycles. The van der Waals surface area contributed by atoms with E-state index in [9.17, 15) is 0 Å². The topological polar surface area (TPSA) is 26.0 Å². The van der Waals surface area contributed by atoms with Crippen LogP contribution in [0.4, 0.5) is 0 Å². The number of hydrogen-bond donors (Lipinski definition) is 1. The van der Waals surface area contributed by atoms with E-state index in [1.165, 1.54) is 28.3 Å². The molecule has 1 aliphatic rings. The van der Waals surface area contributed by atoms with Crippen LogP contribution >= 0.6 is 23.1 Å². The molecule has 1 nitrogen and oxygen atoms in total. The van der Waals surface area contributed by atoms with E-state index < -0.39 is 0 Å². The molecule has 84 valence electrons. The Kier molecular flexibility index (Phi) is 4.12. The number of hydrogen-bond acceptors (Lipinski definition) is 3. The Morgan fingerprint density at radius 2 is 2.27 bits per heavy atom. The lowest BCUT2D eigenvalue weighted by atomic mass is 10.1. The van der Waals surface area contributed by atoms with Gasteiger partial charge in [-0.3, -0.25) is 0 Å². The Labute approximate surface area is 100 Å². The number of thioether (sulfide) groups is 1. The third-order valence-electron chi connectivity index (χ3n) is 2.95. The predicted molar refractivity (Wildman–Crippen MR) is 70.9 cm³/mol. The summed E-state index contributed by atoms with van der Waals surface area (Å²) < 4.78 is 0. The Balaban J connectivity index is 1.89. The number of aryl methyl sites for hydroxylation is 1. The van der Waals surface area contributed by atoms with Crippen molar-refractivity contribution in [1.29, 1.82) is 0 Å². The lowest BCUT2D eigenvalue weighted by Crippen LogP contribution is -2.32. The summed E-state index contributed by atoms with van der Waals surface area (Å²) in [5.74, 6) is 1.31. The zero-order valence-electron chi connectivity index (χ0n) is 9.24. The van der Waals surface area contributed by atoms with Crippen LogP contribution in [0.3, 0.4) is 0 Å². The summed E-state index contributed by atoms with van der Waals surface area (Å²) in [4.78, 5) is 2.95. The average molecular weight is 241 g/mol. The molecule has 1 aliphatic heterocycles. The van der Waals surface area contributed by atoms with Crippen molar-refractivity contribution in [2.24, 2.45) is 5.73 Å². The molecular formula is C12H19NS2. The molecule has 1 fully saturated rings. The van der Waals surface area contributed by atoms with E-state index in [1.807, 2.05) is 11.3 Å². The molecule has 15 heavy (non-hydrogen) atoms. The van der Waals surface area contributed by atoms with Crippen LogP contribution in [0.25, 0.3) is 0 Å². The summed E-state index contributed by atoms with van der Waals surface area (Å²) in [6.07, 6.45) is 4.89. The van der Waals surface area contributed by atoms with Crippen molar-refractivity contribution < 1.29 is 0 Å². The van der Waals surface area contributed by atoms with Gasteiger partial charge in [0.15, 0.2) is 0 Å². The molecule has 0 aliphatic carbocycles. The maximum Gasteiger partial charge on any atom is 0.0207 e. The van der Waals surface area contributed by atoms with Gasteiger partial charge in [0.1, 0.15) is 0 Å². The molecule has 3 heteroatoms. The van der Waals surface area contributed by atoms with E-state index in [0.29, 0.717) is 11.3 Å². The smallest absolute Gasteiger partial charge is 0.0207 e. The van der Waals surface area contributed by atoms with Crippen LogP contribution in [0.15, 0.2) is 12.1 Å². The van der Waals surface area contributed by atoms with E-state index in [2.05, 4.69) is 30.8 Å². The lowest BCUT2D eigenvalue weighted by molar-refractivity contribution is 0.613. The van der Waals surface area contributed by atoms with Gasteiger partial charge in [0, 0.05) is 21.0 Å². The summed E-state index contributed by atoms with van der Waals surface area (Å²) >= 11 is 3.99. The van der Waals surface area contributed by atoms with Gasteiger partial charge >= 0.3 is 0 Å². The highest BCUT2D eigenvalue weighted by atomic mass is 32.2. The summed E-state index contributed by atoms with van der Waals surface area (Å²) in [7, 11) is 0. The Morgan fingerprint density at radius 1 is 1.47 bits per heavy atom. The van der Waals surface area contributed by atoms with Crippen LogP contribution in [-0.4, -0.2) is 17.0 Å². The lowest BCUT2D eigenvalue weighted by Gasteiger charge is -2.16. The molecule has 2 N–H and O–H groups in total. The molecule has 2 atom stereocenters. The second-order valence-corrected chi connectivity index (χ2v) is 6.74. The minimum absolute atomic E-state index is 0.362. The van der Waals surface area contributed by atoms with E-state index >= 15 is 0 Å². The molecule has 0 spiro atoms. The molecule has 1 aromatic heterocycles. The molecule has 0 saturated carbocycles. The molecule has 0 radical (unpaired) electrons. The first-order valence-electron chi connectivity index (χ1n) is 5.74. The quantitative estimate of drug-likeness (QED) is 0.876. The summed E-state index contributed by atoms with van der Waals surface area (Å²) in [5.41, 5.74) is 6.25. The predicted octanol–water partition coefficient (Wildman–Crippen LogP) is 3.08. The second-order valence-electron chi connectivity index (χ2n) is 4.14. The minimum atomic E-state index is 0.362. The first-order valence-corrected chi connectivity index (χ1v) is 7.61. The zero-order chi connectivity index (χ0) is 10.7. The average Bonchev–Trinajstić information content (AvgIpc) is 2.87. The number of nitrogens with two attached hydrogens (primary N) is 1. The molecule has 2 rings (SSSR count). The van der Waals surface area contributed by atoms with Gasteiger partial charge < -0.3 is 5.73 Å². The van der Waals surface area contributed by atoms with E-state index in [1.54, 1.807) is 0 Å². The molecular weight excluding hydrogens is 222 g/mol. The van der Waals surface area contributed by atoms with Gasteiger partial charge in [-0.2, -0.15) is 11.8 Å². The molecule has 1 aromatic rings. The summed E-state index contributed by atoms with van der Waals surface area (Å²) in [5, 5.41) is 0.706. The van der Waals surface area contributed by atoms with Crippen LogP contribution in [0.2, 0.25) is 0 Å². The number of thiophene rings is 1.